The van der Waals surface area contributed by atoms with Crippen molar-refractivity contribution in [2.24, 2.45) is 0 Å². The quantitative estimate of drug-likeness (QED) is 0.528. The van der Waals surface area contributed by atoms with Gasteiger partial charge in [0.05, 0.1) is 0 Å². The second kappa shape index (κ2) is 3.17. The van der Waals surface area contributed by atoms with E-state index >= 15 is 0 Å². The zero-order valence-corrected chi connectivity index (χ0v) is 7.21. The summed E-state index contributed by atoms with van der Waals surface area (Å²) in [5.41, 5.74) is 1.13. The van der Waals surface area contributed by atoms with Crippen LogP contribution >= 0.6 is 0 Å². The standard InChI is InChI=1S/C10H10O3/c11-8-3-1-7-2-5-9(7)13-10(12)6-4-8/h4,6H,1-3,5H2/b6-4+. The van der Waals surface area contributed by atoms with E-state index in [4.69, 9.17) is 4.74 Å². The number of carbonyl (C=O) groups excluding carboxylic acids is 2. The van der Waals surface area contributed by atoms with Crippen LogP contribution in [0.3, 0.4) is 0 Å². The first-order chi connectivity index (χ1) is 6.25. The van der Waals surface area contributed by atoms with Crippen LogP contribution < -0.4 is 0 Å². The highest BCUT2D eigenvalue weighted by Crippen LogP contribution is 2.32. The lowest BCUT2D eigenvalue weighted by Gasteiger charge is -2.21. The largest absolute Gasteiger partial charge is 0.428 e. The molecular formula is C10H10O3. The van der Waals surface area contributed by atoms with Crippen molar-refractivity contribution in [1.29, 1.82) is 0 Å². The number of carbonyl (C=O) groups is 2. The Morgan fingerprint density at radius 3 is 2.46 bits per heavy atom. The Morgan fingerprint density at radius 2 is 1.77 bits per heavy atom. The number of allylic oxidation sites excluding steroid dienone is 3. The third-order valence-electron chi connectivity index (χ3n) is 2.35. The van der Waals surface area contributed by atoms with Crippen LogP contribution in [0.15, 0.2) is 23.5 Å². The molecule has 0 fully saturated rings. The highest BCUT2D eigenvalue weighted by atomic mass is 16.5. The molecule has 2 aliphatic rings. The second-order valence-electron chi connectivity index (χ2n) is 3.25. The predicted octanol–water partition coefficient (Wildman–Crippen LogP) is 1.50. The monoisotopic (exact) mass is 178 g/mol. The van der Waals surface area contributed by atoms with E-state index in [-0.39, 0.29) is 5.78 Å². The summed E-state index contributed by atoms with van der Waals surface area (Å²) < 4.78 is 5.02. The summed E-state index contributed by atoms with van der Waals surface area (Å²) in [7, 11) is 0. The molecule has 3 heteroatoms. The molecule has 1 aliphatic heterocycles. The van der Waals surface area contributed by atoms with Gasteiger partial charge in [-0.15, -0.1) is 0 Å². The first-order valence-corrected chi connectivity index (χ1v) is 4.39. The third-order valence-corrected chi connectivity index (χ3v) is 2.35. The van der Waals surface area contributed by atoms with E-state index in [1.165, 1.54) is 12.2 Å². The molecule has 0 radical (unpaired) electrons. The molecule has 1 aliphatic carbocycles. The lowest BCUT2D eigenvalue weighted by Crippen LogP contribution is -2.10. The van der Waals surface area contributed by atoms with E-state index in [0.717, 1.165) is 30.6 Å². The van der Waals surface area contributed by atoms with E-state index in [1.807, 2.05) is 0 Å². The molecule has 0 aromatic rings. The Morgan fingerprint density at radius 1 is 1.00 bits per heavy atom. The smallest absolute Gasteiger partial charge is 0.335 e. The Hall–Kier alpha value is -1.38. The Labute approximate surface area is 76.1 Å². The van der Waals surface area contributed by atoms with E-state index in [0.29, 0.717) is 6.42 Å². The van der Waals surface area contributed by atoms with Gasteiger partial charge in [0.15, 0.2) is 5.78 Å². The highest BCUT2D eigenvalue weighted by Gasteiger charge is 2.22. The molecule has 0 saturated heterocycles. The summed E-state index contributed by atoms with van der Waals surface area (Å²) in [6.07, 6.45) is 5.54. The van der Waals surface area contributed by atoms with E-state index in [2.05, 4.69) is 0 Å². The number of ketones is 1. The molecule has 0 N–H and O–H groups in total. The molecule has 2 rings (SSSR count). The molecule has 3 nitrogen and oxygen atoms in total. The molecule has 1 heterocycles. The molecule has 68 valence electrons. The minimum Gasteiger partial charge on any atom is -0.428 e. The van der Waals surface area contributed by atoms with Crippen molar-refractivity contribution in [2.75, 3.05) is 0 Å². The van der Waals surface area contributed by atoms with Crippen molar-refractivity contribution >= 4 is 11.8 Å². The van der Waals surface area contributed by atoms with Gasteiger partial charge < -0.3 is 4.74 Å². The Kier molecular flexibility index (Phi) is 2.00. The van der Waals surface area contributed by atoms with Crippen molar-refractivity contribution < 1.29 is 14.3 Å². The van der Waals surface area contributed by atoms with Gasteiger partial charge in [0.2, 0.25) is 0 Å². The van der Waals surface area contributed by atoms with Gasteiger partial charge in [0.1, 0.15) is 5.76 Å². The van der Waals surface area contributed by atoms with Crippen LogP contribution in [0.5, 0.6) is 0 Å². The molecule has 0 amide bonds. The number of hydrogen-bond acceptors (Lipinski definition) is 3. The van der Waals surface area contributed by atoms with Crippen LogP contribution in [-0.2, 0) is 14.3 Å². The topological polar surface area (TPSA) is 43.4 Å². The fourth-order valence-corrected chi connectivity index (χ4v) is 1.47. The summed E-state index contributed by atoms with van der Waals surface area (Å²) in [6.45, 7) is 0. The summed E-state index contributed by atoms with van der Waals surface area (Å²) in [5, 5.41) is 0. The fourth-order valence-electron chi connectivity index (χ4n) is 1.47. The van der Waals surface area contributed by atoms with Crippen molar-refractivity contribution in [3.05, 3.63) is 23.5 Å². The van der Waals surface area contributed by atoms with Crippen LogP contribution in [0.1, 0.15) is 25.7 Å². The number of rotatable bonds is 0. The normalized spacial score (nSPS) is 24.9. The second-order valence-corrected chi connectivity index (χ2v) is 3.25. The first-order valence-electron chi connectivity index (χ1n) is 4.39. The summed E-state index contributed by atoms with van der Waals surface area (Å²) in [6, 6.07) is 0. The molecule has 13 heavy (non-hydrogen) atoms. The number of esters is 1. The van der Waals surface area contributed by atoms with E-state index in [9.17, 15) is 9.59 Å². The minimum atomic E-state index is -0.428. The molecule has 0 unspecified atom stereocenters. The SMILES string of the molecule is O=C1/C=C/C(=O)OC2=C(CC1)CC2. The number of ether oxygens (including phenoxy) is 1. The molecule has 0 aromatic heterocycles. The van der Waals surface area contributed by atoms with Gasteiger partial charge in [0.25, 0.3) is 0 Å². The average molecular weight is 178 g/mol. The highest BCUT2D eigenvalue weighted by molar-refractivity contribution is 5.96. The summed E-state index contributed by atoms with van der Waals surface area (Å²) >= 11 is 0. The fraction of sp³-hybridized carbons (Fsp3) is 0.400. The van der Waals surface area contributed by atoms with Crippen molar-refractivity contribution in [2.45, 2.75) is 25.7 Å². The van der Waals surface area contributed by atoms with E-state index < -0.39 is 5.97 Å². The lowest BCUT2D eigenvalue weighted by atomic mass is 9.91. The first kappa shape index (κ1) is 8.23. The Bertz CT molecular complexity index is 323. The maximum absolute atomic E-state index is 11.1. The van der Waals surface area contributed by atoms with Gasteiger partial charge in [-0.25, -0.2) is 4.79 Å². The molecule has 0 aromatic carbocycles. The van der Waals surface area contributed by atoms with Gasteiger partial charge in [0, 0.05) is 18.9 Å². The Balaban J connectivity index is 2.20. The maximum atomic E-state index is 11.1. The van der Waals surface area contributed by atoms with Crippen LogP contribution in [0.2, 0.25) is 0 Å². The molecule has 0 spiro atoms. The third kappa shape index (κ3) is 1.69. The molecule has 0 bridgehead atoms. The summed E-state index contributed by atoms with van der Waals surface area (Å²) in [4.78, 5) is 22.1. The van der Waals surface area contributed by atoms with Gasteiger partial charge in [-0.05, 0) is 24.5 Å². The minimum absolute atomic E-state index is 0.00222. The van der Waals surface area contributed by atoms with Crippen molar-refractivity contribution in [3.63, 3.8) is 0 Å². The van der Waals surface area contributed by atoms with Crippen molar-refractivity contribution in [3.8, 4) is 0 Å². The van der Waals surface area contributed by atoms with Crippen LogP contribution in [0.25, 0.3) is 0 Å². The maximum Gasteiger partial charge on any atom is 0.335 e. The van der Waals surface area contributed by atoms with Gasteiger partial charge in [-0.1, -0.05) is 0 Å². The zero-order valence-electron chi connectivity index (χ0n) is 7.21. The van der Waals surface area contributed by atoms with Crippen molar-refractivity contribution in [1.82, 2.24) is 0 Å². The van der Waals surface area contributed by atoms with Crippen LogP contribution in [-0.4, -0.2) is 11.8 Å². The van der Waals surface area contributed by atoms with E-state index in [1.54, 1.807) is 0 Å². The molecule has 0 saturated carbocycles. The lowest BCUT2D eigenvalue weighted by molar-refractivity contribution is -0.134. The van der Waals surface area contributed by atoms with Gasteiger partial charge in [-0.3, -0.25) is 4.79 Å². The predicted molar refractivity (Wildman–Crippen MR) is 45.7 cm³/mol. The summed E-state index contributed by atoms with van der Waals surface area (Å²) in [5.74, 6) is 0.351. The zero-order chi connectivity index (χ0) is 9.26. The van der Waals surface area contributed by atoms with Crippen LogP contribution in [0.4, 0.5) is 0 Å². The average Bonchev–Trinajstić information content (AvgIpc) is 2.11. The molecular weight excluding hydrogens is 168 g/mol. The van der Waals surface area contributed by atoms with Gasteiger partial charge in [-0.2, -0.15) is 0 Å². The molecule has 0 atom stereocenters. The van der Waals surface area contributed by atoms with Gasteiger partial charge >= 0.3 is 5.97 Å². The van der Waals surface area contributed by atoms with Crippen LogP contribution in [0, 0.1) is 0 Å². The number of hydrogen-bond donors (Lipinski definition) is 0.